The largest absolute Gasteiger partial charge is 0.494 e. The molecule has 1 heterocycles. The van der Waals surface area contributed by atoms with Crippen LogP contribution in [0.5, 0.6) is 5.75 Å². The molecule has 1 amide bonds. The van der Waals surface area contributed by atoms with Gasteiger partial charge in [-0.2, -0.15) is 0 Å². The average Bonchev–Trinajstić information content (AvgIpc) is 3.07. The molecule has 0 saturated carbocycles. The highest BCUT2D eigenvalue weighted by molar-refractivity contribution is 6.11. The van der Waals surface area contributed by atoms with E-state index in [1.807, 2.05) is 67.6 Å². The SMILES string of the molecule is CCOC(=O)c1ccc(NC2c3ccccc3C(=O)N2c2ccc(OCC)cc2)cc1. The number of carbonyl (C=O) groups excluding carboxylic acids is 2. The van der Waals surface area contributed by atoms with Crippen LogP contribution in [0.15, 0.2) is 72.8 Å². The van der Waals surface area contributed by atoms with E-state index in [1.165, 1.54) is 0 Å². The number of esters is 1. The third-order valence-corrected chi connectivity index (χ3v) is 5.09. The van der Waals surface area contributed by atoms with Crippen LogP contribution in [-0.2, 0) is 4.74 Å². The molecule has 1 aliphatic rings. The van der Waals surface area contributed by atoms with E-state index < -0.39 is 0 Å². The molecule has 6 nitrogen and oxygen atoms in total. The maximum absolute atomic E-state index is 13.2. The molecule has 0 spiro atoms. The van der Waals surface area contributed by atoms with Gasteiger partial charge in [0.2, 0.25) is 0 Å². The van der Waals surface area contributed by atoms with Gasteiger partial charge in [-0.15, -0.1) is 0 Å². The molecule has 1 unspecified atom stereocenters. The van der Waals surface area contributed by atoms with E-state index >= 15 is 0 Å². The van der Waals surface area contributed by atoms with Crippen molar-refractivity contribution in [2.75, 3.05) is 23.4 Å². The van der Waals surface area contributed by atoms with Gasteiger partial charge in [0.1, 0.15) is 11.9 Å². The molecule has 0 aliphatic carbocycles. The standard InChI is InChI=1S/C25H24N2O4/c1-3-30-20-15-13-19(14-16-20)27-23(21-7-5-6-8-22(21)24(27)28)26-18-11-9-17(10-12-18)25(29)31-4-2/h5-16,23,26H,3-4H2,1-2H3. The van der Waals surface area contributed by atoms with Crippen LogP contribution >= 0.6 is 0 Å². The van der Waals surface area contributed by atoms with Gasteiger partial charge < -0.3 is 14.8 Å². The molecule has 0 saturated heterocycles. The first kappa shape index (κ1) is 20.5. The van der Waals surface area contributed by atoms with E-state index in [4.69, 9.17) is 9.47 Å². The topological polar surface area (TPSA) is 67.9 Å². The maximum atomic E-state index is 13.2. The number of ether oxygens (including phenoxy) is 2. The van der Waals surface area contributed by atoms with Gasteiger partial charge in [0, 0.05) is 22.5 Å². The van der Waals surface area contributed by atoms with Crippen molar-refractivity contribution in [3.63, 3.8) is 0 Å². The molecule has 0 bridgehead atoms. The predicted molar refractivity (Wildman–Crippen MR) is 120 cm³/mol. The second-order valence-electron chi connectivity index (χ2n) is 7.03. The maximum Gasteiger partial charge on any atom is 0.338 e. The Morgan fingerprint density at radius 3 is 2.32 bits per heavy atom. The lowest BCUT2D eigenvalue weighted by molar-refractivity contribution is 0.0526. The van der Waals surface area contributed by atoms with Gasteiger partial charge in [0.15, 0.2) is 0 Å². The van der Waals surface area contributed by atoms with E-state index in [2.05, 4.69) is 5.32 Å². The summed E-state index contributed by atoms with van der Waals surface area (Å²) < 4.78 is 10.6. The Kier molecular flexibility index (Phi) is 5.89. The van der Waals surface area contributed by atoms with Crippen LogP contribution in [0.4, 0.5) is 11.4 Å². The van der Waals surface area contributed by atoms with E-state index in [0.29, 0.717) is 24.3 Å². The zero-order valence-corrected chi connectivity index (χ0v) is 17.5. The predicted octanol–water partition coefficient (Wildman–Crippen LogP) is 5.03. The van der Waals surface area contributed by atoms with Crippen molar-refractivity contribution in [2.45, 2.75) is 20.0 Å². The fraction of sp³-hybridized carbons (Fsp3) is 0.200. The fourth-order valence-corrected chi connectivity index (χ4v) is 3.67. The molecule has 6 heteroatoms. The lowest BCUT2D eigenvalue weighted by atomic mass is 10.1. The Morgan fingerprint density at radius 2 is 1.65 bits per heavy atom. The molecule has 0 aromatic heterocycles. The van der Waals surface area contributed by atoms with Crippen molar-refractivity contribution in [3.8, 4) is 5.75 Å². The molecule has 0 fully saturated rings. The van der Waals surface area contributed by atoms with Gasteiger partial charge in [0.25, 0.3) is 5.91 Å². The van der Waals surface area contributed by atoms with Crippen LogP contribution in [0.25, 0.3) is 0 Å². The van der Waals surface area contributed by atoms with Crippen molar-refractivity contribution >= 4 is 23.3 Å². The number of rotatable bonds is 7. The van der Waals surface area contributed by atoms with Crippen LogP contribution in [0.2, 0.25) is 0 Å². The Balaban J connectivity index is 1.64. The summed E-state index contributed by atoms with van der Waals surface area (Å²) in [5.41, 5.74) is 3.61. The van der Waals surface area contributed by atoms with E-state index in [9.17, 15) is 9.59 Å². The summed E-state index contributed by atoms with van der Waals surface area (Å²) in [5.74, 6) is 0.335. The molecule has 31 heavy (non-hydrogen) atoms. The number of fused-ring (bicyclic) bond motifs is 1. The molecule has 4 rings (SSSR count). The second-order valence-corrected chi connectivity index (χ2v) is 7.03. The highest BCUT2D eigenvalue weighted by Gasteiger charge is 2.37. The van der Waals surface area contributed by atoms with Crippen molar-refractivity contribution in [1.29, 1.82) is 0 Å². The quantitative estimate of drug-likeness (QED) is 0.547. The van der Waals surface area contributed by atoms with Crippen molar-refractivity contribution < 1.29 is 19.1 Å². The number of anilines is 2. The second kappa shape index (κ2) is 8.92. The molecule has 3 aromatic rings. The molecule has 3 aromatic carbocycles. The number of nitrogens with one attached hydrogen (secondary N) is 1. The molecule has 1 aliphatic heterocycles. The zero-order valence-electron chi connectivity index (χ0n) is 17.5. The Hall–Kier alpha value is -3.80. The first-order chi connectivity index (χ1) is 15.1. The summed E-state index contributed by atoms with van der Waals surface area (Å²) in [5, 5.41) is 3.44. The highest BCUT2D eigenvalue weighted by atomic mass is 16.5. The summed E-state index contributed by atoms with van der Waals surface area (Å²) >= 11 is 0. The number of benzene rings is 3. The summed E-state index contributed by atoms with van der Waals surface area (Å²) in [6.07, 6.45) is -0.380. The van der Waals surface area contributed by atoms with Gasteiger partial charge in [-0.25, -0.2) is 4.79 Å². The van der Waals surface area contributed by atoms with Crippen LogP contribution in [0.3, 0.4) is 0 Å². The van der Waals surface area contributed by atoms with Crippen molar-refractivity contribution in [3.05, 3.63) is 89.5 Å². The summed E-state index contributed by atoms with van der Waals surface area (Å²) in [6, 6.07) is 22.1. The van der Waals surface area contributed by atoms with Crippen LogP contribution in [0, 0.1) is 0 Å². The Bertz CT molecular complexity index is 1080. The van der Waals surface area contributed by atoms with Gasteiger partial charge in [-0.3, -0.25) is 9.69 Å². The van der Waals surface area contributed by atoms with Crippen molar-refractivity contribution in [1.82, 2.24) is 0 Å². The van der Waals surface area contributed by atoms with E-state index in [-0.39, 0.29) is 18.0 Å². The molecule has 1 N–H and O–H groups in total. The number of hydrogen-bond donors (Lipinski definition) is 1. The van der Waals surface area contributed by atoms with Crippen molar-refractivity contribution in [2.24, 2.45) is 0 Å². The fourth-order valence-electron chi connectivity index (χ4n) is 3.67. The van der Waals surface area contributed by atoms with Gasteiger partial charge >= 0.3 is 5.97 Å². The smallest absolute Gasteiger partial charge is 0.338 e. The lowest BCUT2D eigenvalue weighted by Crippen LogP contribution is -2.32. The van der Waals surface area contributed by atoms with Crippen LogP contribution in [-0.4, -0.2) is 25.1 Å². The van der Waals surface area contributed by atoms with E-state index in [0.717, 1.165) is 22.7 Å². The summed E-state index contributed by atoms with van der Waals surface area (Å²) in [6.45, 7) is 4.62. The highest BCUT2D eigenvalue weighted by Crippen LogP contribution is 2.38. The number of carbonyl (C=O) groups is 2. The monoisotopic (exact) mass is 416 g/mol. The molecule has 1 atom stereocenters. The normalized spacial score (nSPS) is 14.8. The Labute approximate surface area is 181 Å². The third kappa shape index (κ3) is 4.10. The van der Waals surface area contributed by atoms with Gasteiger partial charge in [-0.1, -0.05) is 18.2 Å². The van der Waals surface area contributed by atoms with Gasteiger partial charge in [0.05, 0.1) is 18.8 Å². The average molecular weight is 416 g/mol. The number of amides is 1. The van der Waals surface area contributed by atoms with Crippen LogP contribution in [0.1, 0.15) is 46.3 Å². The lowest BCUT2D eigenvalue weighted by Gasteiger charge is -2.27. The first-order valence-corrected chi connectivity index (χ1v) is 10.3. The minimum absolute atomic E-state index is 0.0691. The molecule has 0 radical (unpaired) electrons. The van der Waals surface area contributed by atoms with E-state index in [1.54, 1.807) is 24.0 Å². The summed E-state index contributed by atoms with van der Waals surface area (Å²) in [4.78, 5) is 26.9. The Morgan fingerprint density at radius 1 is 0.935 bits per heavy atom. The molecule has 158 valence electrons. The van der Waals surface area contributed by atoms with Gasteiger partial charge in [-0.05, 0) is 68.4 Å². The first-order valence-electron chi connectivity index (χ1n) is 10.3. The minimum atomic E-state index is -0.380. The molecular formula is C25H24N2O4. The number of nitrogens with zero attached hydrogens (tertiary/aromatic N) is 1. The zero-order chi connectivity index (χ0) is 21.8. The van der Waals surface area contributed by atoms with Crippen LogP contribution < -0.4 is 15.0 Å². The number of hydrogen-bond acceptors (Lipinski definition) is 5. The minimum Gasteiger partial charge on any atom is -0.494 e. The molecular weight excluding hydrogens is 392 g/mol. The third-order valence-electron chi connectivity index (χ3n) is 5.09. The summed E-state index contributed by atoms with van der Waals surface area (Å²) in [7, 11) is 0.